The second-order valence-electron chi connectivity index (χ2n) is 10.3. The Hall–Kier alpha value is -5.66. The predicted molar refractivity (Wildman–Crippen MR) is 185 cm³/mol. The minimum atomic E-state index is 0.679. The number of nitrogens with zero attached hydrogens (tertiary/aromatic N) is 3. The monoisotopic (exact) mass is 587 g/mol. The molecular formula is C37H25N5OS. The van der Waals surface area contributed by atoms with E-state index in [-0.39, 0.29) is 0 Å². The molecule has 5 aromatic rings. The number of furan rings is 1. The largest absolute Gasteiger partial charge is 0.454 e. The Morgan fingerprint density at radius 3 is 2.61 bits per heavy atom. The lowest BCUT2D eigenvalue weighted by Gasteiger charge is -2.19. The molecule has 0 saturated heterocycles. The van der Waals surface area contributed by atoms with Crippen LogP contribution in [0, 0.1) is 0 Å². The van der Waals surface area contributed by atoms with E-state index in [1.165, 1.54) is 11.9 Å². The summed E-state index contributed by atoms with van der Waals surface area (Å²) in [4.78, 5) is 14.3. The molecule has 3 aromatic carbocycles. The first-order chi connectivity index (χ1) is 21.8. The maximum Gasteiger partial charge on any atom is 0.163 e. The molecule has 0 atom stereocenters. The molecule has 0 radical (unpaired) electrons. The van der Waals surface area contributed by atoms with Gasteiger partial charge in [0.05, 0.1) is 34.0 Å². The van der Waals surface area contributed by atoms with Crippen LogP contribution in [0.3, 0.4) is 0 Å². The number of hydrogen-bond acceptors (Lipinski definition) is 7. The predicted octanol–water partition coefficient (Wildman–Crippen LogP) is 8.82. The number of benzene rings is 3. The van der Waals surface area contributed by atoms with Gasteiger partial charge < -0.3 is 14.5 Å². The summed E-state index contributed by atoms with van der Waals surface area (Å²) in [6.07, 6.45) is 23.5. The Balaban J connectivity index is 1.52. The van der Waals surface area contributed by atoms with Gasteiger partial charge in [-0.25, -0.2) is 4.98 Å². The van der Waals surface area contributed by atoms with Crippen LogP contribution >= 0.6 is 11.9 Å². The van der Waals surface area contributed by atoms with Gasteiger partial charge in [0.15, 0.2) is 5.76 Å². The summed E-state index contributed by atoms with van der Waals surface area (Å²) >= 11 is 1.45. The summed E-state index contributed by atoms with van der Waals surface area (Å²) in [5, 5.41) is 6.61. The van der Waals surface area contributed by atoms with Crippen molar-refractivity contribution in [3.8, 4) is 11.1 Å². The molecule has 210 valence electrons. The molecule has 2 aromatic heterocycles. The molecule has 0 saturated carbocycles. The van der Waals surface area contributed by atoms with E-state index in [0.29, 0.717) is 5.76 Å². The molecule has 0 spiro atoms. The topological polar surface area (TPSA) is 74.8 Å². The maximum atomic E-state index is 6.76. The molecule has 0 unspecified atom stereocenters. The van der Waals surface area contributed by atoms with Crippen LogP contribution in [0.2, 0.25) is 0 Å². The summed E-state index contributed by atoms with van der Waals surface area (Å²) in [7, 11) is 0. The van der Waals surface area contributed by atoms with Crippen molar-refractivity contribution in [3.05, 3.63) is 151 Å². The van der Waals surface area contributed by atoms with Crippen LogP contribution in [0.15, 0.2) is 148 Å². The molecule has 3 aliphatic heterocycles. The average Bonchev–Trinajstić information content (AvgIpc) is 3.22. The first-order valence-corrected chi connectivity index (χ1v) is 15.1. The zero-order valence-electron chi connectivity index (χ0n) is 23.4. The van der Waals surface area contributed by atoms with Gasteiger partial charge in [0.1, 0.15) is 11.3 Å². The summed E-state index contributed by atoms with van der Waals surface area (Å²) < 4.78 is 10.2. The van der Waals surface area contributed by atoms with Gasteiger partial charge >= 0.3 is 0 Å². The van der Waals surface area contributed by atoms with Crippen molar-refractivity contribution in [1.82, 2.24) is 15.0 Å². The molecule has 0 aliphatic carbocycles. The molecule has 8 rings (SSSR count). The highest BCUT2D eigenvalue weighted by Gasteiger charge is 2.27. The lowest BCUT2D eigenvalue weighted by atomic mass is 9.88. The molecule has 2 N–H and O–H groups in total. The van der Waals surface area contributed by atoms with Gasteiger partial charge in [0.2, 0.25) is 0 Å². The van der Waals surface area contributed by atoms with Gasteiger partial charge in [-0.1, -0.05) is 60.7 Å². The van der Waals surface area contributed by atoms with Crippen LogP contribution in [-0.4, -0.2) is 16.2 Å². The number of allylic oxidation sites excluding steroid dienone is 9. The molecule has 44 heavy (non-hydrogen) atoms. The zero-order valence-corrected chi connectivity index (χ0v) is 24.3. The third kappa shape index (κ3) is 4.60. The van der Waals surface area contributed by atoms with Crippen molar-refractivity contribution < 1.29 is 4.42 Å². The van der Waals surface area contributed by atoms with Crippen LogP contribution in [0.5, 0.6) is 0 Å². The summed E-state index contributed by atoms with van der Waals surface area (Å²) in [5.41, 5.74) is 11.0. The first kappa shape index (κ1) is 26.0. The Morgan fingerprint density at radius 1 is 0.750 bits per heavy atom. The lowest BCUT2D eigenvalue weighted by molar-refractivity contribution is 0.604. The van der Waals surface area contributed by atoms with E-state index < -0.39 is 0 Å². The number of hydrogen-bond donors (Lipinski definition) is 2. The van der Waals surface area contributed by atoms with E-state index in [2.05, 4.69) is 69.6 Å². The number of pyridine rings is 1. The SMILES string of the molecule is C1=CC=C(c2c(C3=N/C=C\C=C/C=C\3)oc3ccc(C4=CN=CSN4)c(-c4cccc5nc6ccccc6cc45)c23)NC=C1. The highest BCUT2D eigenvalue weighted by molar-refractivity contribution is 8.10. The molecule has 3 aliphatic rings. The molecule has 0 fully saturated rings. The number of fused-ring (bicyclic) bond motifs is 3. The second kappa shape index (κ2) is 11.2. The Labute approximate surface area is 258 Å². The third-order valence-electron chi connectivity index (χ3n) is 7.67. The maximum absolute atomic E-state index is 6.76. The van der Waals surface area contributed by atoms with Crippen molar-refractivity contribution in [3.63, 3.8) is 0 Å². The number of nitrogens with one attached hydrogen (secondary N) is 2. The Kier molecular flexibility index (Phi) is 6.62. The first-order valence-electron chi connectivity index (χ1n) is 14.3. The molecule has 0 bridgehead atoms. The molecule has 5 heterocycles. The fourth-order valence-corrected chi connectivity index (χ4v) is 6.23. The third-order valence-corrected chi connectivity index (χ3v) is 8.24. The molecule has 6 nitrogen and oxygen atoms in total. The fraction of sp³-hybridized carbons (Fsp3) is 0. The van der Waals surface area contributed by atoms with Gasteiger partial charge in [-0.15, -0.1) is 0 Å². The van der Waals surface area contributed by atoms with Crippen LogP contribution in [0.4, 0.5) is 0 Å². The van der Waals surface area contributed by atoms with E-state index in [0.717, 1.165) is 72.1 Å². The van der Waals surface area contributed by atoms with Crippen molar-refractivity contribution >= 4 is 67.4 Å². The molecular weight excluding hydrogens is 563 g/mol. The summed E-state index contributed by atoms with van der Waals surface area (Å²) in [5.74, 6) is 0.679. The van der Waals surface area contributed by atoms with E-state index in [1.807, 2.05) is 73.1 Å². The van der Waals surface area contributed by atoms with Gasteiger partial charge in [-0.3, -0.25) is 9.98 Å². The Bertz CT molecular complexity index is 2260. The molecule has 0 amide bonds. The quantitative estimate of drug-likeness (QED) is 0.162. The summed E-state index contributed by atoms with van der Waals surface area (Å²) in [6.45, 7) is 0. The average molecular weight is 588 g/mol. The van der Waals surface area contributed by atoms with Gasteiger partial charge in [0, 0.05) is 45.4 Å². The van der Waals surface area contributed by atoms with Gasteiger partial charge in [-0.2, -0.15) is 0 Å². The highest BCUT2D eigenvalue weighted by Crippen LogP contribution is 2.45. The van der Waals surface area contributed by atoms with Gasteiger partial charge in [0.25, 0.3) is 0 Å². The minimum Gasteiger partial charge on any atom is -0.454 e. The highest BCUT2D eigenvalue weighted by atomic mass is 32.2. The number of aromatic nitrogens is 1. The van der Waals surface area contributed by atoms with E-state index >= 15 is 0 Å². The second-order valence-corrected chi connectivity index (χ2v) is 11.0. The van der Waals surface area contributed by atoms with Crippen molar-refractivity contribution in [2.24, 2.45) is 9.98 Å². The number of rotatable bonds is 4. The van der Waals surface area contributed by atoms with Crippen LogP contribution in [-0.2, 0) is 0 Å². The minimum absolute atomic E-state index is 0.679. The zero-order chi connectivity index (χ0) is 29.3. The van der Waals surface area contributed by atoms with E-state index in [1.54, 1.807) is 11.7 Å². The fourth-order valence-electron chi connectivity index (χ4n) is 5.76. The summed E-state index contributed by atoms with van der Waals surface area (Å²) in [6, 6.07) is 20.9. The van der Waals surface area contributed by atoms with E-state index in [9.17, 15) is 0 Å². The van der Waals surface area contributed by atoms with Crippen LogP contribution in [0.25, 0.3) is 55.3 Å². The number of para-hydroxylation sites is 1. The van der Waals surface area contributed by atoms with Crippen LogP contribution < -0.4 is 10.0 Å². The van der Waals surface area contributed by atoms with Crippen LogP contribution in [0.1, 0.15) is 16.9 Å². The van der Waals surface area contributed by atoms with Gasteiger partial charge in [-0.05, 0) is 72.1 Å². The Morgan fingerprint density at radius 2 is 1.66 bits per heavy atom. The van der Waals surface area contributed by atoms with E-state index in [4.69, 9.17) is 14.4 Å². The lowest BCUT2D eigenvalue weighted by Crippen LogP contribution is -2.09. The smallest absolute Gasteiger partial charge is 0.163 e. The van der Waals surface area contributed by atoms with Crippen molar-refractivity contribution in [2.75, 3.05) is 0 Å². The number of aliphatic imine (C=N–C) groups is 2. The van der Waals surface area contributed by atoms with Crippen molar-refractivity contribution in [2.45, 2.75) is 0 Å². The molecule has 7 heteroatoms. The normalized spacial score (nSPS) is 19.2. The standard InChI is InChI=1S/C37H25N5OS/c1-2-8-20-40-31(15-4-1)37-35(30-14-5-3-9-19-39-30)36-33(43-37)18-17-26(32-22-38-23-44-42-32)34(36)25-12-10-16-29-27(25)21-24-11-6-7-13-28(24)41-29/h1-23,39,42H/b2-1-,4-1?,8-2?,15-4-,20-8-,31-15?,40-20?,40-31+. The van der Waals surface area contributed by atoms with Crippen molar-refractivity contribution in [1.29, 1.82) is 0 Å².